The summed E-state index contributed by atoms with van der Waals surface area (Å²) >= 11 is 3.25. The minimum atomic E-state index is -3.64. The summed E-state index contributed by atoms with van der Waals surface area (Å²) in [5.74, 6) is -0.393. The van der Waals surface area contributed by atoms with Crippen molar-refractivity contribution in [1.29, 1.82) is 0 Å². The average Bonchev–Trinajstić information content (AvgIpc) is 2.48. The number of rotatable bonds is 6. The Hall–Kier alpha value is -1.28. The van der Waals surface area contributed by atoms with Gasteiger partial charge in [0.2, 0.25) is 10.0 Å². The topological polar surface area (TPSA) is 55.4 Å². The third-order valence-electron chi connectivity index (χ3n) is 3.09. The highest BCUT2D eigenvalue weighted by molar-refractivity contribution is 9.10. The smallest absolute Gasteiger partial charge is 0.240 e. The van der Waals surface area contributed by atoms with Crippen molar-refractivity contribution < 1.29 is 17.5 Å². The summed E-state index contributed by atoms with van der Waals surface area (Å²) in [6.07, 6.45) is -0.569. The van der Waals surface area contributed by atoms with Crippen LogP contribution < -0.4 is 4.72 Å². The van der Waals surface area contributed by atoms with E-state index in [-0.39, 0.29) is 11.4 Å². The van der Waals surface area contributed by atoms with E-state index in [0.717, 1.165) is 4.47 Å². The van der Waals surface area contributed by atoms with Gasteiger partial charge in [-0.05, 0) is 42.0 Å². The molecule has 118 valence electrons. The Labute approximate surface area is 137 Å². The number of hydrogen-bond acceptors (Lipinski definition) is 3. The Morgan fingerprint density at radius 2 is 1.91 bits per heavy atom. The quantitative estimate of drug-likeness (QED) is 0.827. The molecule has 2 rings (SSSR count). The van der Waals surface area contributed by atoms with Crippen molar-refractivity contribution in [2.75, 3.05) is 13.7 Å². The molecule has 0 bridgehead atoms. The van der Waals surface area contributed by atoms with E-state index in [4.69, 9.17) is 4.74 Å². The van der Waals surface area contributed by atoms with Gasteiger partial charge in [0, 0.05) is 18.1 Å². The first-order valence-corrected chi connectivity index (χ1v) is 8.73. The fraction of sp³-hybridized carbons (Fsp3) is 0.200. The first-order valence-electron chi connectivity index (χ1n) is 6.46. The molecule has 0 saturated heterocycles. The third kappa shape index (κ3) is 4.36. The van der Waals surface area contributed by atoms with E-state index >= 15 is 0 Å². The van der Waals surface area contributed by atoms with Gasteiger partial charge in [0.1, 0.15) is 5.82 Å². The molecular formula is C15H15BrFNO3S. The van der Waals surface area contributed by atoms with E-state index in [2.05, 4.69) is 20.7 Å². The Morgan fingerprint density at radius 3 is 2.50 bits per heavy atom. The van der Waals surface area contributed by atoms with Gasteiger partial charge in [-0.3, -0.25) is 0 Å². The molecule has 0 aromatic heterocycles. The van der Waals surface area contributed by atoms with E-state index in [0.29, 0.717) is 5.56 Å². The molecule has 0 aliphatic heterocycles. The zero-order valence-electron chi connectivity index (χ0n) is 11.8. The van der Waals surface area contributed by atoms with Crippen LogP contribution in [0.15, 0.2) is 57.9 Å². The second kappa shape index (κ2) is 7.32. The van der Waals surface area contributed by atoms with Crippen LogP contribution in [0.5, 0.6) is 0 Å². The first kappa shape index (κ1) is 17.1. The van der Waals surface area contributed by atoms with Gasteiger partial charge in [-0.2, -0.15) is 0 Å². The van der Waals surface area contributed by atoms with E-state index in [1.807, 2.05) is 0 Å². The van der Waals surface area contributed by atoms with Gasteiger partial charge in [0.15, 0.2) is 0 Å². The van der Waals surface area contributed by atoms with E-state index < -0.39 is 21.9 Å². The maximum atomic E-state index is 13.2. The Bertz CT molecular complexity index is 735. The van der Waals surface area contributed by atoms with Crippen molar-refractivity contribution in [2.45, 2.75) is 11.0 Å². The van der Waals surface area contributed by atoms with Gasteiger partial charge in [0.25, 0.3) is 0 Å². The summed E-state index contributed by atoms with van der Waals surface area (Å²) in [5, 5.41) is 0. The highest BCUT2D eigenvalue weighted by Gasteiger charge is 2.18. The molecule has 2 aromatic carbocycles. The summed E-state index contributed by atoms with van der Waals surface area (Å²) < 4.78 is 46.2. The lowest BCUT2D eigenvalue weighted by molar-refractivity contribution is 0.107. The Balaban J connectivity index is 2.11. The maximum absolute atomic E-state index is 13.2. The molecule has 0 spiro atoms. The second-order valence-corrected chi connectivity index (χ2v) is 7.27. The molecule has 4 nitrogen and oxygen atoms in total. The molecule has 0 fully saturated rings. The SMILES string of the molecule is COC(CNS(=O)(=O)c1ccc(Br)cc1)c1cccc(F)c1. The van der Waals surface area contributed by atoms with E-state index in [9.17, 15) is 12.8 Å². The highest BCUT2D eigenvalue weighted by Crippen LogP contribution is 2.19. The molecule has 1 unspecified atom stereocenters. The lowest BCUT2D eigenvalue weighted by atomic mass is 10.1. The fourth-order valence-electron chi connectivity index (χ4n) is 1.93. The van der Waals surface area contributed by atoms with Crippen molar-refractivity contribution in [3.63, 3.8) is 0 Å². The third-order valence-corrected chi connectivity index (χ3v) is 5.06. The maximum Gasteiger partial charge on any atom is 0.240 e. The normalized spacial score (nSPS) is 13.0. The molecule has 0 saturated carbocycles. The molecule has 1 N–H and O–H groups in total. The van der Waals surface area contributed by atoms with Crippen LogP contribution in [0.4, 0.5) is 4.39 Å². The molecule has 2 aromatic rings. The number of sulfonamides is 1. The molecule has 0 amide bonds. The van der Waals surface area contributed by atoms with Crippen LogP contribution in [0.25, 0.3) is 0 Å². The highest BCUT2D eigenvalue weighted by atomic mass is 79.9. The van der Waals surface area contributed by atoms with Crippen LogP contribution in [0, 0.1) is 5.82 Å². The predicted octanol–water partition coefficient (Wildman–Crippen LogP) is 3.25. The van der Waals surface area contributed by atoms with Gasteiger partial charge in [-0.15, -0.1) is 0 Å². The minimum absolute atomic E-state index is 0.0123. The van der Waals surface area contributed by atoms with Crippen LogP contribution in [-0.4, -0.2) is 22.1 Å². The largest absolute Gasteiger partial charge is 0.375 e. The van der Waals surface area contributed by atoms with Crippen molar-refractivity contribution in [1.82, 2.24) is 4.72 Å². The van der Waals surface area contributed by atoms with Crippen LogP contribution in [0.1, 0.15) is 11.7 Å². The summed E-state index contributed by atoms with van der Waals surface area (Å²) in [4.78, 5) is 0.157. The number of halogens is 2. The average molecular weight is 388 g/mol. The van der Waals surface area contributed by atoms with Gasteiger partial charge in [-0.25, -0.2) is 17.5 Å². The summed E-state index contributed by atoms with van der Waals surface area (Å²) in [6.45, 7) is 0.0123. The number of hydrogen-bond donors (Lipinski definition) is 1. The summed E-state index contributed by atoms with van der Waals surface area (Å²) in [5.41, 5.74) is 0.570. The van der Waals surface area contributed by atoms with Crippen molar-refractivity contribution in [2.24, 2.45) is 0 Å². The monoisotopic (exact) mass is 387 g/mol. The molecule has 7 heteroatoms. The molecule has 0 aliphatic rings. The van der Waals surface area contributed by atoms with Gasteiger partial charge in [-0.1, -0.05) is 28.1 Å². The molecule has 1 atom stereocenters. The fourth-order valence-corrected chi connectivity index (χ4v) is 3.22. The zero-order chi connectivity index (χ0) is 16.2. The second-order valence-electron chi connectivity index (χ2n) is 4.59. The Morgan fingerprint density at radius 1 is 1.23 bits per heavy atom. The lowest BCUT2D eigenvalue weighted by Gasteiger charge is -2.16. The minimum Gasteiger partial charge on any atom is -0.375 e. The Kier molecular flexibility index (Phi) is 5.69. The number of nitrogens with one attached hydrogen (secondary N) is 1. The van der Waals surface area contributed by atoms with Gasteiger partial charge in [0.05, 0.1) is 11.0 Å². The van der Waals surface area contributed by atoms with Crippen LogP contribution in [0.2, 0.25) is 0 Å². The summed E-state index contributed by atoms with van der Waals surface area (Å²) in [6, 6.07) is 12.2. The standard InChI is InChI=1S/C15H15BrFNO3S/c1-21-15(11-3-2-4-13(17)9-11)10-18-22(19,20)14-7-5-12(16)6-8-14/h2-9,15,18H,10H2,1H3. The van der Waals surface area contributed by atoms with Gasteiger partial charge < -0.3 is 4.74 Å². The van der Waals surface area contributed by atoms with Crippen LogP contribution >= 0.6 is 15.9 Å². The molecular weight excluding hydrogens is 373 g/mol. The van der Waals surface area contributed by atoms with Crippen molar-refractivity contribution >= 4 is 26.0 Å². The molecule has 0 aliphatic carbocycles. The predicted molar refractivity (Wildman–Crippen MR) is 85.5 cm³/mol. The zero-order valence-corrected chi connectivity index (χ0v) is 14.2. The lowest BCUT2D eigenvalue weighted by Crippen LogP contribution is -2.29. The van der Waals surface area contributed by atoms with Crippen LogP contribution in [0.3, 0.4) is 0 Å². The van der Waals surface area contributed by atoms with Gasteiger partial charge >= 0.3 is 0 Å². The van der Waals surface area contributed by atoms with Crippen LogP contribution in [-0.2, 0) is 14.8 Å². The molecule has 22 heavy (non-hydrogen) atoms. The van der Waals surface area contributed by atoms with E-state index in [1.54, 1.807) is 24.3 Å². The number of ether oxygens (including phenoxy) is 1. The van der Waals surface area contributed by atoms with Crippen molar-refractivity contribution in [3.8, 4) is 0 Å². The van der Waals surface area contributed by atoms with E-state index in [1.165, 1.54) is 31.4 Å². The van der Waals surface area contributed by atoms with Crippen molar-refractivity contribution in [3.05, 3.63) is 64.4 Å². The molecule has 0 heterocycles. The first-order chi connectivity index (χ1) is 10.4. The molecule has 0 radical (unpaired) electrons. The number of methoxy groups -OCH3 is 1. The summed E-state index contributed by atoms with van der Waals surface area (Å²) in [7, 11) is -2.20. The number of benzene rings is 2.